The number of hydrogen-bond acceptors (Lipinski definition) is 7. The second-order valence-electron chi connectivity index (χ2n) is 7.47. The Morgan fingerprint density at radius 3 is 2.65 bits per heavy atom. The predicted octanol–water partition coefficient (Wildman–Crippen LogP) is 4.79. The molecule has 7 nitrogen and oxygen atoms in total. The highest BCUT2D eigenvalue weighted by atomic mass is 32.2. The van der Waals surface area contributed by atoms with Crippen LogP contribution in [-0.4, -0.2) is 33.3 Å². The summed E-state index contributed by atoms with van der Waals surface area (Å²) in [5, 5.41) is 4.20. The molecule has 34 heavy (non-hydrogen) atoms. The van der Waals surface area contributed by atoms with Gasteiger partial charge in [0.05, 0.1) is 24.9 Å². The molecule has 0 unspecified atom stereocenters. The number of methoxy groups -OCH3 is 1. The van der Waals surface area contributed by atoms with Crippen molar-refractivity contribution >= 4 is 55.1 Å². The number of hydrogen-bond donors (Lipinski definition) is 1. The monoisotopic (exact) mass is 488 g/mol. The first-order chi connectivity index (χ1) is 16.6. The first-order valence-electron chi connectivity index (χ1n) is 10.5. The predicted molar refractivity (Wildman–Crippen MR) is 137 cm³/mol. The molecule has 3 heterocycles. The molecule has 0 aliphatic carbocycles. The van der Waals surface area contributed by atoms with Gasteiger partial charge in [-0.25, -0.2) is 9.97 Å². The molecule has 0 bridgehead atoms. The molecule has 170 valence electrons. The molecule has 0 spiro atoms. The third-order valence-corrected chi connectivity index (χ3v) is 7.27. The van der Waals surface area contributed by atoms with E-state index in [2.05, 4.69) is 10.3 Å². The van der Waals surface area contributed by atoms with Gasteiger partial charge >= 0.3 is 0 Å². The Labute approximate surface area is 203 Å². The maximum Gasteiger partial charge on any atom is 0.272 e. The number of amides is 1. The van der Waals surface area contributed by atoms with E-state index in [1.54, 1.807) is 17.9 Å². The number of para-hydroxylation sites is 1. The van der Waals surface area contributed by atoms with E-state index >= 15 is 0 Å². The smallest absolute Gasteiger partial charge is 0.272 e. The van der Waals surface area contributed by atoms with E-state index in [1.165, 1.54) is 23.1 Å². The summed E-state index contributed by atoms with van der Waals surface area (Å²) in [5.74, 6) is 0.696. The average molecular weight is 489 g/mol. The van der Waals surface area contributed by atoms with Gasteiger partial charge in [-0.3, -0.25) is 14.2 Å². The lowest BCUT2D eigenvalue weighted by Crippen LogP contribution is -2.24. The van der Waals surface area contributed by atoms with Crippen LogP contribution in [0.25, 0.3) is 20.4 Å². The Bertz CT molecular complexity index is 1530. The molecule has 0 aliphatic heterocycles. The quantitative estimate of drug-likeness (QED) is 0.262. The molecule has 5 rings (SSSR count). The Kier molecular flexibility index (Phi) is 6.29. The number of fused-ring (bicyclic) bond motifs is 3. The van der Waals surface area contributed by atoms with Crippen LogP contribution in [0.2, 0.25) is 0 Å². The number of rotatable bonds is 7. The van der Waals surface area contributed by atoms with Crippen molar-refractivity contribution in [1.29, 1.82) is 0 Å². The van der Waals surface area contributed by atoms with Crippen LogP contribution in [-0.2, 0) is 11.3 Å². The summed E-state index contributed by atoms with van der Waals surface area (Å²) in [6.07, 6.45) is 1.71. The molecule has 1 N–H and O–H groups in total. The Balaban J connectivity index is 1.51. The highest BCUT2D eigenvalue weighted by Gasteiger charge is 2.18. The van der Waals surface area contributed by atoms with E-state index in [0.717, 1.165) is 27.2 Å². The van der Waals surface area contributed by atoms with E-state index in [-0.39, 0.29) is 17.2 Å². The third kappa shape index (κ3) is 4.52. The number of ether oxygens (including phenoxy) is 1. The summed E-state index contributed by atoms with van der Waals surface area (Å²) in [7, 11) is 1.61. The summed E-state index contributed by atoms with van der Waals surface area (Å²) in [6, 6.07) is 20.6. The minimum Gasteiger partial charge on any atom is -0.497 e. The van der Waals surface area contributed by atoms with Crippen LogP contribution < -0.4 is 15.6 Å². The molecule has 3 aromatic heterocycles. The van der Waals surface area contributed by atoms with Crippen molar-refractivity contribution in [2.75, 3.05) is 18.2 Å². The van der Waals surface area contributed by atoms with Gasteiger partial charge in [-0.15, -0.1) is 11.3 Å². The van der Waals surface area contributed by atoms with Crippen molar-refractivity contribution in [1.82, 2.24) is 14.5 Å². The highest BCUT2D eigenvalue weighted by molar-refractivity contribution is 7.99. The SMILES string of the molecule is COc1ccc(Cn2c(SCC(=O)Nc3ccccc3)nc3c(sc4ncccc43)c2=O)cc1. The first-order valence-corrected chi connectivity index (χ1v) is 12.3. The number of carbonyl (C=O) groups excluding carboxylic acids is 1. The second kappa shape index (κ2) is 9.66. The van der Waals surface area contributed by atoms with Crippen LogP contribution in [0.15, 0.2) is 82.9 Å². The van der Waals surface area contributed by atoms with Crippen LogP contribution in [0, 0.1) is 0 Å². The van der Waals surface area contributed by atoms with Gasteiger partial charge in [-0.2, -0.15) is 0 Å². The standard InChI is InChI=1S/C25H20N4O3S2/c1-32-18-11-9-16(10-12-18)14-29-24(31)22-21(19-8-5-13-26-23(19)34-22)28-25(29)33-15-20(30)27-17-6-3-2-4-7-17/h2-13H,14-15H2,1H3,(H,27,30). The van der Waals surface area contributed by atoms with Crippen LogP contribution in [0.5, 0.6) is 5.75 Å². The van der Waals surface area contributed by atoms with Gasteiger partial charge < -0.3 is 10.1 Å². The lowest BCUT2D eigenvalue weighted by Gasteiger charge is -2.13. The van der Waals surface area contributed by atoms with E-state index in [9.17, 15) is 9.59 Å². The Morgan fingerprint density at radius 2 is 1.88 bits per heavy atom. The van der Waals surface area contributed by atoms with Gasteiger partial charge in [0, 0.05) is 17.3 Å². The van der Waals surface area contributed by atoms with E-state index < -0.39 is 0 Å². The minimum absolute atomic E-state index is 0.121. The van der Waals surface area contributed by atoms with Crippen LogP contribution in [0.3, 0.4) is 0 Å². The molecule has 0 atom stereocenters. The van der Waals surface area contributed by atoms with Gasteiger partial charge in [-0.1, -0.05) is 42.1 Å². The fourth-order valence-corrected chi connectivity index (χ4v) is 5.38. The van der Waals surface area contributed by atoms with Gasteiger partial charge in [0.2, 0.25) is 5.91 Å². The van der Waals surface area contributed by atoms with Crippen molar-refractivity contribution in [2.24, 2.45) is 0 Å². The summed E-state index contributed by atoms with van der Waals surface area (Å²) < 4.78 is 7.42. The molecule has 2 aromatic carbocycles. The summed E-state index contributed by atoms with van der Waals surface area (Å²) >= 11 is 2.58. The molecule has 0 saturated carbocycles. The van der Waals surface area contributed by atoms with E-state index in [4.69, 9.17) is 9.72 Å². The van der Waals surface area contributed by atoms with E-state index in [1.807, 2.05) is 66.7 Å². The number of pyridine rings is 1. The van der Waals surface area contributed by atoms with Crippen molar-refractivity contribution < 1.29 is 9.53 Å². The number of nitrogens with zero attached hydrogens (tertiary/aromatic N) is 3. The normalized spacial score (nSPS) is 11.1. The lowest BCUT2D eigenvalue weighted by molar-refractivity contribution is -0.113. The number of thioether (sulfide) groups is 1. The first kappa shape index (κ1) is 22.1. The van der Waals surface area contributed by atoms with Gasteiger partial charge in [-0.05, 0) is 42.0 Å². The van der Waals surface area contributed by atoms with Crippen molar-refractivity contribution in [3.8, 4) is 5.75 Å². The lowest BCUT2D eigenvalue weighted by atomic mass is 10.2. The third-order valence-electron chi connectivity index (χ3n) is 5.21. The van der Waals surface area contributed by atoms with Crippen molar-refractivity contribution in [3.05, 3.63) is 88.8 Å². The number of anilines is 1. The maximum absolute atomic E-state index is 13.5. The van der Waals surface area contributed by atoms with Crippen LogP contribution in [0.1, 0.15) is 5.56 Å². The number of thiophene rings is 1. The minimum atomic E-state index is -0.168. The molecular formula is C25H20N4O3S2. The number of benzene rings is 2. The average Bonchev–Trinajstić information content (AvgIpc) is 3.24. The fraction of sp³-hybridized carbons (Fsp3) is 0.120. The largest absolute Gasteiger partial charge is 0.497 e. The molecule has 1 amide bonds. The van der Waals surface area contributed by atoms with Crippen molar-refractivity contribution in [3.63, 3.8) is 0 Å². The Hall–Kier alpha value is -3.69. The molecular weight excluding hydrogens is 468 g/mol. The fourth-order valence-electron chi connectivity index (χ4n) is 3.55. The van der Waals surface area contributed by atoms with Crippen LogP contribution >= 0.6 is 23.1 Å². The molecule has 0 radical (unpaired) electrons. The Morgan fingerprint density at radius 1 is 1.09 bits per heavy atom. The molecule has 0 saturated heterocycles. The summed E-state index contributed by atoms with van der Waals surface area (Å²) in [4.78, 5) is 36.1. The van der Waals surface area contributed by atoms with Crippen molar-refractivity contribution in [2.45, 2.75) is 11.7 Å². The zero-order valence-electron chi connectivity index (χ0n) is 18.2. The number of nitrogens with one attached hydrogen (secondary N) is 1. The van der Waals surface area contributed by atoms with E-state index in [0.29, 0.717) is 21.9 Å². The second-order valence-corrected chi connectivity index (χ2v) is 9.41. The zero-order valence-corrected chi connectivity index (χ0v) is 19.9. The molecule has 5 aromatic rings. The summed E-state index contributed by atoms with van der Waals surface area (Å²) in [6.45, 7) is 0.329. The van der Waals surface area contributed by atoms with Crippen LogP contribution in [0.4, 0.5) is 5.69 Å². The van der Waals surface area contributed by atoms with Gasteiger partial charge in [0.15, 0.2) is 5.16 Å². The molecule has 9 heteroatoms. The highest BCUT2D eigenvalue weighted by Crippen LogP contribution is 2.30. The topological polar surface area (TPSA) is 86.1 Å². The van der Waals surface area contributed by atoms with Gasteiger partial charge in [0.25, 0.3) is 5.56 Å². The maximum atomic E-state index is 13.5. The molecule has 0 fully saturated rings. The number of aromatic nitrogens is 3. The molecule has 0 aliphatic rings. The summed E-state index contributed by atoms with van der Waals surface area (Å²) in [5.41, 5.74) is 2.13. The zero-order chi connectivity index (χ0) is 23.5. The number of carbonyl (C=O) groups is 1. The van der Waals surface area contributed by atoms with Gasteiger partial charge in [0.1, 0.15) is 15.3 Å².